The standard InChI is InChI=1S/C76H120O6/c1-4-7-10-13-16-19-22-25-28-31-33-34-35-36-37-38-39-40-41-42-44-45-48-51-54-57-60-63-66-69-75(78)81-72-73(71-80-74(77)68-65-62-59-56-53-50-47-30-27-24-21-18-15-12-9-6-3)82-76(79)70-67-64-61-58-55-52-49-46-43-32-29-26-23-20-17-14-11-8-5-2/h7-8,10-11,16-17,19-20,25-26,28-30,33-34,36-37,39-40,42-44,46-48,51,57,60,73H,4-6,9,12-15,18,21-24,27,31-32,35,38,41,45,49-50,52-56,58-59,61-72H2,1-3H3/b10-7-,11-8-,19-16-,20-17-,28-25-,29-26-,34-33-,37-36-,40-39-,44-42-,46-43-,47-30-,51-48-,60-57-. The van der Waals surface area contributed by atoms with Crippen molar-refractivity contribution in [2.75, 3.05) is 13.2 Å². The quantitative estimate of drug-likeness (QED) is 0.0261. The highest BCUT2D eigenvalue weighted by atomic mass is 16.6. The van der Waals surface area contributed by atoms with Gasteiger partial charge in [-0.1, -0.05) is 274 Å². The molecule has 1 unspecified atom stereocenters. The van der Waals surface area contributed by atoms with Crippen LogP contribution in [0.25, 0.3) is 0 Å². The van der Waals surface area contributed by atoms with Gasteiger partial charge < -0.3 is 14.2 Å². The van der Waals surface area contributed by atoms with Gasteiger partial charge in [0.25, 0.3) is 0 Å². The minimum atomic E-state index is -0.823. The number of rotatable bonds is 58. The first kappa shape index (κ1) is 76.8. The molecule has 0 aliphatic rings. The van der Waals surface area contributed by atoms with Crippen LogP contribution in [0.5, 0.6) is 0 Å². The van der Waals surface area contributed by atoms with E-state index in [2.05, 4.69) is 191 Å². The monoisotopic (exact) mass is 1130 g/mol. The maximum Gasteiger partial charge on any atom is 0.306 e. The van der Waals surface area contributed by atoms with Crippen LogP contribution in [0.2, 0.25) is 0 Å². The van der Waals surface area contributed by atoms with Crippen molar-refractivity contribution in [3.63, 3.8) is 0 Å². The number of hydrogen-bond donors (Lipinski definition) is 0. The lowest BCUT2D eigenvalue weighted by Gasteiger charge is -2.18. The van der Waals surface area contributed by atoms with Crippen molar-refractivity contribution in [3.8, 4) is 0 Å². The average Bonchev–Trinajstić information content (AvgIpc) is 3.47. The van der Waals surface area contributed by atoms with Crippen molar-refractivity contribution < 1.29 is 28.6 Å². The molecule has 0 radical (unpaired) electrons. The number of carbonyl (C=O) groups is 3. The summed E-state index contributed by atoms with van der Waals surface area (Å²) in [5, 5.41) is 0. The molecular weight excluding hydrogens is 1010 g/mol. The summed E-state index contributed by atoms with van der Waals surface area (Å²) in [6.07, 6.45) is 101. The van der Waals surface area contributed by atoms with Crippen molar-refractivity contribution in [1.82, 2.24) is 0 Å². The number of ether oxygens (including phenoxy) is 3. The zero-order chi connectivity index (χ0) is 59.2. The molecule has 0 aromatic heterocycles. The summed E-state index contributed by atoms with van der Waals surface area (Å²) >= 11 is 0. The first-order valence-electron chi connectivity index (χ1n) is 33.1. The molecule has 0 bridgehead atoms. The summed E-state index contributed by atoms with van der Waals surface area (Å²) in [4.78, 5) is 38.4. The maximum atomic E-state index is 12.9. The smallest absolute Gasteiger partial charge is 0.306 e. The van der Waals surface area contributed by atoms with Crippen LogP contribution in [0.4, 0.5) is 0 Å². The molecule has 0 amide bonds. The van der Waals surface area contributed by atoms with Crippen LogP contribution in [0.3, 0.4) is 0 Å². The van der Waals surface area contributed by atoms with E-state index in [0.717, 1.165) is 154 Å². The summed E-state index contributed by atoms with van der Waals surface area (Å²) < 4.78 is 16.9. The molecule has 0 saturated carbocycles. The van der Waals surface area contributed by atoms with E-state index < -0.39 is 6.10 Å². The van der Waals surface area contributed by atoms with Crippen LogP contribution in [-0.4, -0.2) is 37.2 Å². The van der Waals surface area contributed by atoms with Gasteiger partial charge in [-0.3, -0.25) is 14.4 Å². The highest BCUT2D eigenvalue weighted by Gasteiger charge is 2.19. The Balaban J connectivity index is 4.52. The minimum absolute atomic E-state index is 0.113. The van der Waals surface area contributed by atoms with Crippen molar-refractivity contribution >= 4 is 17.9 Å². The van der Waals surface area contributed by atoms with Gasteiger partial charge in [-0.2, -0.15) is 0 Å². The Labute approximate surface area is 504 Å². The van der Waals surface area contributed by atoms with Crippen LogP contribution >= 0.6 is 0 Å². The zero-order valence-corrected chi connectivity index (χ0v) is 52.7. The lowest BCUT2D eigenvalue weighted by atomic mass is 10.1. The lowest BCUT2D eigenvalue weighted by molar-refractivity contribution is -0.167. The summed E-state index contributed by atoms with van der Waals surface area (Å²) in [6, 6.07) is 0. The Bertz CT molecular complexity index is 1870. The van der Waals surface area contributed by atoms with E-state index in [0.29, 0.717) is 19.3 Å². The molecule has 1 atom stereocenters. The number of hydrogen-bond acceptors (Lipinski definition) is 6. The van der Waals surface area contributed by atoms with Crippen molar-refractivity contribution in [2.45, 2.75) is 277 Å². The average molecular weight is 1130 g/mol. The van der Waals surface area contributed by atoms with Crippen LogP contribution in [-0.2, 0) is 28.6 Å². The Hall–Kier alpha value is -5.23. The van der Waals surface area contributed by atoms with Gasteiger partial charge in [0.05, 0.1) is 0 Å². The van der Waals surface area contributed by atoms with Crippen LogP contribution in [0.15, 0.2) is 170 Å². The Morgan fingerprint density at radius 2 is 0.488 bits per heavy atom. The van der Waals surface area contributed by atoms with E-state index in [1.54, 1.807) is 0 Å². The summed E-state index contributed by atoms with van der Waals surface area (Å²) in [6.45, 7) is 6.34. The minimum Gasteiger partial charge on any atom is -0.462 e. The second kappa shape index (κ2) is 68.3. The van der Waals surface area contributed by atoms with E-state index >= 15 is 0 Å². The van der Waals surface area contributed by atoms with E-state index in [1.807, 2.05) is 0 Å². The van der Waals surface area contributed by atoms with E-state index in [4.69, 9.17) is 14.2 Å². The Kier molecular flexibility index (Phi) is 63.9. The molecule has 0 aromatic carbocycles. The third-order valence-corrected chi connectivity index (χ3v) is 13.4. The molecule has 460 valence electrons. The highest BCUT2D eigenvalue weighted by Crippen LogP contribution is 2.14. The predicted molar refractivity (Wildman–Crippen MR) is 357 cm³/mol. The summed E-state index contributed by atoms with van der Waals surface area (Å²) in [7, 11) is 0. The van der Waals surface area contributed by atoms with Crippen LogP contribution < -0.4 is 0 Å². The maximum absolute atomic E-state index is 12.9. The first-order chi connectivity index (χ1) is 40.5. The van der Waals surface area contributed by atoms with Gasteiger partial charge in [-0.25, -0.2) is 0 Å². The van der Waals surface area contributed by atoms with E-state index in [9.17, 15) is 14.4 Å². The molecule has 82 heavy (non-hydrogen) atoms. The van der Waals surface area contributed by atoms with E-state index in [-0.39, 0.29) is 37.5 Å². The molecule has 0 aliphatic carbocycles. The SMILES string of the molecule is CC/C=C\C/C=C\C/C=C\C/C=C\C/C=C\C/C=C\C/C=C\C/C=C\C/C=C\CCCC(=O)OCC(COC(=O)CCCCCCC/C=C\CCCCCCCCC)OC(=O)CCCCCCCC/C=C\C/C=C\C/C=C\C/C=C\CC. The largest absolute Gasteiger partial charge is 0.462 e. The number of carbonyl (C=O) groups excluding carboxylic acids is 3. The third kappa shape index (κ3) is 65.6. The Morgan fingerprint density at radius 3 is 0.805 bits per heavy atom. The molecule has 0 fully saturated rings. The molecule has 0 heterocycles. The zero-order valence-electron chi connectivity index (χ0n) is 52.7. The molecule has 0 spiro atoms. The molecule has 6 nitrogen and oxygen atoms in total. The second-order valence-electron chi connectivity index (χ2n) is 21.3. The molecule has 0 aliphatic heterocycles. The van der Waals surface area contributed by atoms with Crippen LogP contribution in [0.1, 0.15) is 271 Å². The van der Waals surface area contributed by atoms with Gasteiger partial charge in [-0.05, 0) is 148 Å². The first-order valence-corrected chi connectivity index (χ1v) is 33.1. The molecule has 6 heteroatoms. The molecule has 0 N–H and O–H groups in total. The van der Waals surface area contributed by atoms with Gasteiger partial charge in [0, 0.05) is 19.3 Å². The van der Waals surface area contributed by atoms with Crippen molar-refractivity contribution in [1.29, 1.82) is 0 Å². The predicted octanol–water partition coefficient (Wildman–Crippen LogP) is 23.0. The molecule has 0 aromatic rings. The number of unbranched alkanes of at least 4 members (excludes halogenated alkanes) is 19. The van der Waals surface area contributed by atoms with Crippen molar-refractivity contribution in [3.05, 3.63) is 170 Å². The topological polar surface area (TPSA) is 78.9 Å². The summed E-state index contributed by atoms with van der Waals surface area (Å²) in [5.41, 5.74) is 0. The van der Waals surface area contributed by atoms with Crippen LogP contribution in [0, 0.1) is 0 Å². The molecule has 0 saturated heterocycles. The molecular formula is C76H120O6. The van der Waals surface area contributed by atoms with Gasteiger partial charge in [0.2, 0.25) is 0 Å². The summed E-state index contributed by atoms with van der Waals surface area (Å²) in [5.74, 6) is -1.00. The van der Waals surface area contributed by atoms with Gasteiger partial charge in [0.1, 0.15) is 13.2 Å². The highest BCUT2D eigenvalue weighted by molar-refractivity contribution is 5.71. The van der Waals surface area contributed by atoms with Gasteiger partial charge in [-0.15, -0.1) is 0 Å². The lowest BCUT2D eigenvalue weighted by Crippen LogP contribution is -2.30. The number of esters is 3. The third-order valence-electron chi connectivity index (χ3n) is 13.4. The second-order valence-corrected chi connectivity index (χ2v) is 21.3. The van der Waals surface area contributed by atoms with E-state index in [1.165, 1.54) is 70.6 Å². The fourth-order valence-electron chi connectivity index (χ4n) is 8.55. The fraction of sp³-hybridized carbons (Fsp3) is 0.592. The Morgan fingerprint density at radius 1 is 0.256 bits per heavy atom. The normalized spacial score (nSPS) is 13.3. The van der Waals surface area contributed by atoms with Gasteiger partial charge in [0.15, 0.2) is 6.10 Å². The van der Waals surface area contributed by atoms with Gasteiger partial charge >= 0.3 is 17.9 Å². The fourth-order valence-corrected chi connectivity index (χ4v) is 8.55. The molecule has 0 rings (SSSR count). The number of allylic oxidation sites excluding steroid dienone is 28. The van der Waals surface area contributed by atoms with Crippen molar-refractivity contribution in [2.24, 2.45) is 0 Å².